The molecule has 0 radical (unpaired) electrons. The first-order valence-electron chi connectivity index (χ1n) is 5.55. The smallest absolute Gasteiger partial charge is 0.126 e. The van der Waals surface area contributed by atoms with Crippen LogP contribution in [0.5, 0.6) is 0 Å². The second kappa shape index (κ2) is 4.80. The monoisotopic (exact) mass is 222 g/mol. The second-order valence-electron chi connectivity index (χ2n) is 4.21. The van der Waals surface area contributed by atoms with Crippen molar-refractivity contribution < 1.29 is 9.47 Å². The van der Waals surface area contributed by atoms with Crippen LogP contribution in [0.25, 0.3) is 0 Å². The average Bonchev–Trinajstić information content (AvgIpc) is 2.76. The van der Waals surface area contributed by atoms with Gasteiger partial charge in [0.1, 0.15) is 11.4 Å². The molecule has 16 heavy (non-hydrogen) atoms. The Morgan fingerprint density at radius 3 is 3.06 bits per heavy atom. The molecule has 1 aliphatic heterocycles. The Labute approximate surface area is 96.0 Å². The molecule has 4 heteroatoms. The molecule has 2 heterocycles. The van der Waals surface area contributed by atoms with E-state index in [0.717, 1.165) is 31.1 Å². The van der Waals surface area contributed by atoms with E-state index < -0.39 is 0 Å². The standard InChI is InChI=1S/C12H18N2O2/c1-10-4-3-5-11(14-10)13-8-12(15-2)6-7-16-9-12/h3-5H,6-9H2,1-2H3,(H,13,14). The van der Waals surface area contributed by atoms with Gasteiger partial charge in [-0.2, -0.15) is 0 Å². The Morgan fingerprint density at radius 1 is 1.56 bits per heavy atom. The quantitative estimate of drug-likeness (QED) is 0.840. The first-order chi connectivity index (χ1) is 7.74. The Kier molecular flexibility index (Phi) is 3.41. The number of hydrogen-bond acceptors (Lipinski definition) is 4. The number of methoxy groups -OCH3 is 1. The minimum atomic E-state index is -0.189. The zero-order chi connectivity index (χ0) is 11.4. The summed E-state index contributed by atoms with van der Waals surface area (Å²) in [6, 6.07) is 5.94. The van der Waals surface area contributed by atoms with E-state index in [4.69, 9.17) is 9.47 Å². The summed E-state index contributed by atoms with van der Waals surface area (Å²) in [5.41, 5.74) is 0.824. The first kappa shape index (κ1) is 11.4. The van der Waals surface area contributed by atoms with Gasteiger partial charge in [0.15, 0.2) is 0 Å². The summed E-state index contributed by atoms with van der Waals surface area (Å²) < 4.78 is 10.9. The summed E-state index contributed by atoms with van der Waals surface area (Å²) in [5, 5.41) is 3.30. The average molecular weight is 222 g/mol. The summed E-state index contributed by atoms with van der Waals surface area (Å²) >= 11 is 0. The molecule has 0 aliphatic carbocycles. The van der Waals surface area contributed by atoms with Gasteiger partial charge in [-0.1, -0.05) is 6.07 Å². The molecule has 1 unspecified atom stereocenters. The maximum atomic E-state index is 5.54. The van der Waals surface area contributed by atoms with E-state index in [0.29, 0.717) is 6.61 Å². The molecule has 1 aromatic rings. The Balaban J connectivity index is 1.95. The van der Waals surface area contributed by atoms with Gasteiger partial charge in [-0.15, -0.1) is 0 Å². The van der Waals surface area contributed by atoms with Crippen LogP contribution in [0.15, 0.2) is 18.2 Å². The zero-order valence-electron chi connectivity index (χ0n) is 9.82. The Bertz CT molecular complexity index is 349. The number of anilines is 1. The summed E-state index contributed by atoms with van der Waals surface area (Å²) in [4.78, 5) is 4.39. The van der Waals surface area contributed by atoms with Crippen molar-refractivity contribution in [3.63, 3.8) is 0 Å². The molecule has 0 spiro atoms. The van der Waals surface area contributed by atoms with Crippen molar-refractivity contribution in [2.24, 2.45) is 0 Å². The lowest BCUT2D eigenvalue weighted by Gasteiger charge is -2.26. The fourth-order valence-corrected chi connectivity index (χ4v) is 1.85. The van der Waals surface area contributed by atoms with Gasteiger partial charge >= 0.3 is 0 Å². The number of rotatable bonds is 4. The molecule has 0 saturated carbocycles. The van der Waals surface area contributed by atoms with Gasteiger partial charge in [-0.25, -0.2) is 4.98 Å². The summed E-state index contributed by atoms with van der Waals surface area (Å²) in [7, 11) is 1.74. The van der Waals surface area contributed by atoms with E-state index in [-0.39, 0.29) is 5.60 Å². The van der Waals surface area contributed by atoms with Gasteiger partial charge < -0.3 is 14.8 Å². The van der Waals surface area contributed by atoms with Crippen molar-refractivity contribution in [1.82, 2.24) is 4.98 Å². The van der Waals surface area contributed by atoms with Gasteiger partial charge in [0, 0.05) is 32.4 Å². The highest BCUT2D eigenvalue weighted by molar-refractivity contribution is 5.35. The summed E-state index contributed by atoms with van der Waals surface area (Å²) in [6.45, 7) is 4.15. The number of nitrogens with zero attached hydrogens (tertiary/aromatic N) is 1. The highest BCUT2D eigenvalue weighted by Crippen LogP contribution is 2.22. The van der Waals surface area contributed by atoms with Crippen LogP contribution in [0, 0.1) is 6.92 Å². The number of pyridine rings is 1. The van der Waals surface area contributed by atoms with Gasteiger partial charge in [0.2, 0.25) is 0 Å². The molecule has 0 aromatic carbocycles. The third-order valence-corrected chi connectivity index (χ3v) is 2.98. The van der Waals surface area contributed by atoms with Crippen LogP contribution in [-0.4, -0.2) is 37.5 Å². The van der Waals surface area contributed by atoms with Crippen molar-refractivity contribution in [2.75, 3.05) is 32.2 Å². The Hall–Kier alpha value is -1.13. The first-order valence-corrected chi connectivity index (χ1v) is 5.55. The van der Waals surface area contributed by atoms with Gasteiger partial charge in [0.25, 0.3) is 0 Å². The minimum absolute atomic E-state index is 0.189. The van der Waals surface area contributed by atoms with Crippen LogP contribution in [0.1, 0.15) is 12.1 Å². The van der Waals surface area contributed by atoms with Crippen LogP contribution in [0.4, 0.5) is 5.82 Å². The summed E-state index contributed by atoms with van der Waals surface area (Å²) in [5.74, 6) is 0.892. The number of ether oxygens (including phenoxy) is 2. The number of aromatic nitrogens is 1. The third-order valence-electron chi connectivity index (χ3n) is 2.98. The Morgan fingerprint density at radius 2 is 2.44 bits per heavy atom. The van der Waals surface area contributed by atoms with Crippen LogP contribution in [0.2, 0.25) is 0 Å². The maximum Gasteiger partial charge on any atom is 0.126 e. The molecular formula is C12H18N2O2. The molecule has 1 N–H and O–H groups in total. The largest absolute Gasteiger partial charge is 0.378 e. The molecule has 1 fully saturated rings. The fourth-order valence-electron chi connectivity index (χ4n) is 1.85. The molecule has 1 saturated heterocycles. The van der Waals surface area contributed by atoms with E-state index in [1.165, 1.54) is 0 Å². The van der Waals surface area contributed by atoms with E-state index in [1.54, 1.807) is 7.11 Å². The van der Waals surface area contributed by atoms with Gasteiger partial charge in [0.05, 0.1) is 6.61 Å². The van der Waals surface area contributed by atoms with E-state index in [2.05, 4.69) is 10.3 Å². The molecule has 0 amide bonds. The van der Waals surface area contributed by atoms with Crippen LogP contribution >= 0.6 is 0 Å². The van der Waals surface area contributed by atoms with Crippen LogP contribution < -0.4 is 5.32 Å². The van der Waals surface area contributed by atoms with Crippen LogP contribution in [0.3, 0.4) is 0 Å². The van der Waals surface area contributed by atoms with Crippen LogP contribution in [-0.2, 0) is 9.47 Å². The fraction of sp³-hybridized carbons (Fsp3) is 0.583. The lowest BCUT2D eigenvalue weighted by atomic mass is 10.0. The molecule has 1 aromatic heterocycles. The molecular weight excluding hydrogens is 204 g/mol. The van der Waals surface area contributed by atoms with Gasteiger partial charge in [-0.3, -0.25) is 0 Å². The lowest BCUT2D eigenvalue weighted by Crippen LogP contribution is -2.39. The lowest BCUT2D eigenvalue weighted by molar-refractivity contribution is -0.00625. The molecule has 88 valence electrons. The highest BCUT2D eigenvalue weighted by atomic mass is 16.5. The number of aryl methyl sites for hydroxylation is 1. The highest BCUT2D eigenvalue weighted by Gasteiger charge is 2.34. The SMILES string of the molecule is COC1(CNc2cccc(C)n2)CCOC1. The maximum absolute atomic E-state index is 5.54. The zero-order valence-corrected chi connectivity index (χ0v) is 9.82. The molecule has 4 nitrogen and oxygen atoms in total. The predicted octanol–water partition coefficient (Wildman–Crippen LogP) is 1.61. The van der Waals surface area contributed by atoms with Gasteiger partial charge in [-0.05, 0) is 19.1 Å². The second-order valence-corrected chi connectivity index (χ2v) is 4.21. The van der Waals surface area contributed by atoms with Crippen molar-refractivity contribution in [1.29, 1.82) is 0 Å². The molecule has 0 bridgehead atoms. The predicted molar refractivity (Wildman–Crippen MR) is 62.6 cm³/mol. The molecule has 1 atom stereocenters. The molecule has 2 rings (SSSR count). The normalized spacial score (nSPS) is 24.6. The van der Waals surface area contributed by atoms with Crippen molar-refractivity contribution in [3.05, 3.63) is 23.9 Å². The van der Waals surface area contributed by atoms with Crippen molar-refractivity contribution in [3.8, 4) is 0 Å². The molecule has 1 aliphatic rings. The minimum Gasteiger partial charge on any atom is -0.378 e. The van der Waals surface area contributed by atoms with E-state index in [1.807, 2.05) is 25.1 Å². The van der Waals surface area contributed by atoms with E-state index >= 15 is 0 Å². The third kappa shape index (κ3) is 2.51. The number of nitrogens with one attached hydrogen (secondary N) is 1. The van der Waals surface area contributed by atoms with Crippen molar-refractivity contribution in [2.45, 2.75) is 18.9 Å². The number of hydrogen-bond donors (Lipinski definition) is 1. The van der Waals surface area contributed by atoms with Crippen molar-refractivity contribution >= 4 is 5.82 Å². The topological polar surface area (TPSA) is 43.4 Å². The van der Waals surface area contributed by atoms with E-state index in [9.17, 15) is 0 Å². The summed E-state index contributed by atoms with van der Waals surface area (Å²) in [6.07, 6.45) is 0.933.